The van der Waals surface area contributed by atoms with Crippen LogP contribution in [-0.4, -0.2) is 20.4 Å². The number of H-pyrrole nitrogens is 1. The number of fused-ring (bicyclic) bond motifs is 1. The molecule has 3 aromatic rings. The highest BCUT2D eigenvalue weighted by molar-refractivity contribution is 5.95. The number of amides is 1. The fourth-order valence-electron chi connectivity index (χ4n) is 2.78. The molecule has 3 rings (SSSR count). The Labute approximate surface area is 149 Å². The second-order valence-corrected chi connectivity index (χ2v) is 6.53. The predicted octanol–water partition coefficient (Wildman–Crippen LogP) is 2.69. The van der Waals surface area contributed by atoms with E-state index in [2.05, 4.69) is 9.97 Å². The van der Waals surface area contributed by atoms with Crippen molar-refractivity contribution in [2.45, 2.75) is 20.4 Å². The summed E-state index contributed by atoms with van der Waals surface area (Å²) in [5, 5.41) is 0.766. The number of rotatable bonds is 5. The molecule has 0 aromatic carbocycles. The van der Waals surface area contributed by atoms with Gasteiger partial charge in [0.2, 0.25) is 5.91 Å². The molecule has 1 amide bonds. The van der Waals surface area contributed by atoms with Gasteiger partial charge in [0.15, 0.2) is 5.82 Å². The highest BCUT2D eigenvalue weighted by atomic mass is 19.1. The number of nitrogens with one attached hydrogen (secondary N) is 1. The van der Waals surface area contributed by atoms with E-state index in [-0.39, 0.29) is 5.92 Å². The third kappa shape index (κ3) is 3.56. The molecule has 3 heterocycles. The van der Waals surface area contributed by atoms with Crippen LogP contribution >= 0.6 is 0 Å². The molecule has 26 heavy (non-hydrogen) atoms. The molecule has 0 aliphatic rings. The molecule has 0 atom stereocenters. The van der Waals surface area contributed by atoms with Crippen LogP contribution in [0.25, 0.3) is 28.2 Å². The molecule has 6 nitrogen and oxygen atoms in total. The minimum absolute atomic E-state index is 0.207. The second kappa shape index (κ2) is 6.95. The van der Waals surface area contributed by atoms with Crippen LogP contribution in [0.2, 0.25) is 0 Å². The van der Waals surface area contributed by atoms with Crippen molar-refractivity contribution < 1.29 is 9.18 Å². The summed E-state index contributed by atoms with van der Waals surface area (Å²) in [5.74, 6) is -1.14. The van der Waals surface area contributed by atoms with Gasteiger partial charge in [0.05, 0.1) is 0 Å². The number of nitrogens with two attached hydrogens (primary N) is 1. The minimum Gasteiger partial charge on any atom is -0.366 e. The Kier molecular flexibility index (Phi) is 4.71. The Balaban J connectivity index is 2.10. The highest BCUT2D eigenvalue weighted by Gasteiger charge is 2.11. The van der Waals surface area contributed by atoms with Gasteiger partial charge in [0.25, 0.3) is 5.56 Å². The number of primary amides is 1. The monoisotopic (exact) mass is 354 g/mol. The number of hydrogen-bond acceptors (Lipinski definition) is 3. The molecule has 0 saturated carbocycles. The van der Waals surface area contributed by atoms with E-state index in [1.807, 2.05) is 19.9 Å². The van der Waals surface area contributed by atoms with Gasteiger partial charge in [-0.2, -0.15) is 0 Å². The van der Waals surface area contributed by atoms with E-state index >= 15 is 0 Å². The Morgan fingerprint density at radius 3 is 2.85 bits per heavy atom. The summed E-state index contributed by atoms with van der Waals surface area (Å²) in [4.78, 5) is 30.3. The SMILES string of the molecule is CC(C)Cn1cc(-c2cnc3[nH]cc(C=CC(N)=O)c3c2)cc(F)c1=O. The van der Waals surface area contributed by atoms with Crippen molar-refractivity contribution in [2.24, 2.45) is 11.7 Å². The van der Waals surface area contributed by atoms with Crippen LogP contribution in [0.3, 0.4) is 0 Å². The predicted molar refractivity (Wildman–Crippen MR) is 98.8 cm³/mol. The van der Waals surface area contributed by atoms with Crippen molar-refractivity contribution >= 4 is 23.0 Å². The van der Waals surface area contributed by atoms with Crippen LogP contribution in [0.15, 0.2) is 41.6 Å². The van der Waals surface area contributed by atoms with Crippen molar-refractivity contribution in [3.8, 4) is 11.1 Å². The molecule has 7 heteroatoms. The summed E-state index contributed by atoms with van der Waals surface area (Å²) >= 11 is 0. The summed E-state index contributed by atoms with van der Waals surface area (Å²) in [7, 11) is 0. The minimum atomic E-state index is -0.800. The molecule has 134 valence electrons. The fourth-order valence-corrected chi connectivity index (χ4v) is 2.78. The summed E-state index contributed by atoms with van der Waals surface area (Å²) in [6.45, 7) is 4.35. The Bertz CT molecular complexity index is 1060. The van der Waals surface area contributed by atoms with E-state index in [9.17, 15) is 14.0 Å². The van der Waals surface area contributed by atoms with E-state index < -0.39 is 17.3 Å². The number of halogens is 1. The highest BCUT2D eigenvalue weighted by Crippen LogP contribution is 2.25. The molecule has 0 aliphatic carbocycles. The maximum atomic E-state index is 14.1. The zero-order valence-electron chi connectivity index (χ0n) is 14.5. The zero-order valence-corrected chi connectivity index (χ0v) is 14.5. The normalized spacial score (nSPS) is 11.7. The van der Waals surface area contributed by atoms with Gasteiger partial charge >= 0.3 is 0 Å². The lowest BCUT2D eigenvalue weighted by Crippen LogP contribution is -2.24. The van der Waals surface area contributed by atoms with Gasteiger partial charge in [-0.05, 0) is 24.1 Å². The summed E-state index contributed by atoms with van der Waals surface area (Å²) in [6.07, 6.45) is 7.81. The van der Waals surface area contributed by atoms with E-state index in [4.69, 9.17) is 5.73 Å². The maximum absolute atomic E-state index is 14.1. The quantitative estimate of drug-likeness (QED) is 0.690. The van der Waals surface area contributed by atoms with Crippen molar-refractivity contribution in [3.63, 3.8) is 0 Å². The second-order valence-electron chi connectivity index (χ2n) is 6.53. The van der Waals surface area contributed by atoms with Gasteiger partial charge in [-0.15, -0.1) is 0 Å². The summed E-state index contributed by atoms with van der Waals surface area (Å²) in [6, 6.07) is 3.05. The van der Waals surface area contributed by atoms with Gasteiger partial charge < -0.3 is 15.3 Å². The average Bonchev–Trinajstić information content (AvgIpc) is 2.98. The van der Waals surface area contributed by atoms with Crippen molar-refractivity contribution in [3.05, 3.63) is 58.5 Å². The van der Waals surface area contributed by atoms with E-state index in [0.717, 1.165) is 10.9 Å². The first-order chi connectivity index (χ1) is 12.3. The Morgan fingerprint density at radius 1 is 1.38 bits per heavy atom. The van der Waals surface area contributed by atoms with E-state index in [0.29, 0.717) is 23.3 Å². The fraction of sp³-hybridized carbons (Fsp3) is 0.211. The first kappa shape index (κ1) is 17.6. The average molecular weight is 354 g/mol. The first-order valence-corrected chi connectivity index (χ1v) is 8.20. The Hall–Kier alpha value is -3.22. The van der Waals surface area contributed by atoms with Crippen molar-refractivity contribution in [2.75, 3.05) is 0 Å². The van der Waals surface area contributed by atoms with Crippen LogP contribution in [0.4, 0.5) is 4.39 Å². The van der Waals surface area contributed by atoms with Crippen LogP contribution in [0, 0.1) is 11.7 Å². The van der Waals surface area contributed by atoms with Gasteiger partial charge in [0, 0.05) is 53.3 Å². The first-order valence-electron chi connectivity index (χ1n) is 8.20. The molecule has 0 spiro atoms. The molecule has 0 unspecified atom stereocenters. The van der Waals surface area contributed by atoms with E-state index in [1.165, 1.54) is 16.7 Å². The maximum Gasteiger partial charge on any atom is 0.286 e. The number of carbonyl (C=O) groups excluding carboxylic acids is 1. The summed E-state index contributed by atoms with van der Waals surface area (Å²) < 4.78 is 15.5. The molecule has 0 saturated heterocycles. The number of aromatic nitrogens is 3. The topological polar surface area (TPSA) is 93.8 Å². The lowest BCUT2D eigenvalue weighted by atomic mass is 10.1. The van der Waals surface area contributed by atoms with Crippen LogP contribution in [0.1, 0.15) is 19.4 Å². The molecular weight excluding hydrogens is 335 g/mol. The number of carbonyl (C=O) groups is 1. The Morgan fingerprint density at radius 2 is 2.15 bits per heavy atom. The van der Waals surface area contributed by atoms with Crippen molar-refractivity contribution in [1.29, 1.82) is 0 Å². The molecule has 0 bridgehead atoms. The summed E-state index contributed by atoms with van der Waals surface area (Å²) in [5.41, 5.74) is 7.10. The lowest BCUT2D eigenvalue weighted by molar-refractivity contribution is -0.113. The molecule has 3 aromatic heterocycles. The zero-order chi connectivity index (χ0) is 18.8. The van der Waals surface area contributed by atoms with Gasteiger partial charge in [0.1, 0.15) is 5.65 Å². The van der Waals surface area contributed by atoms with Gasteiger partial charge in [-0.25, -0.2) is 9.37 Å². The molecule has 0 fully saturated rings. The van der Waals surface area contributed by atoms with Crippen molar-refractivity contribution in [1.82, 2.24) is 14.5 Å². The molecular formula is C19H19FN4O2. The molecule has 0 radical (unpaired) electrons. The number of pyridine rings is 2. The van der Waals surface area contributed by atoms with Crippen LogP contribution in [0.5, 0.6) is 0 Å². The lowest BCUT2D eigenvalue weighted by Gasteiger charge is -2.11. The van der Waals surface area contributed by atoms with Gasteiger partial charge in [-0.3, -0.25) is 9.59 Å². The van der Waals surface area contributed by atoms with Crippen LogP contribution in [-0.2, 0) is 11.3 Å². The molecule has 0 aliphatic heterocycles. The standard InChI is InChI=1S/C19H19FN4O2/c1-11(2)9-24-10-14(6-16(20)19(24)26)13-5-15-12(3-4-17(21)25)7-22-18(15)23-8-13/h3-8,10-11H,9H2,1-2H3,(H2,21,25)(H,22,23). The molecule has 3 N–H and O–H groups in total. The number of aromatic amines is 1. The third-order valence-corrected chi connectivity index (χ3v) is 3.93. The largest absolute Gasteiger partial charge is 0.366 e. The number of hydrogen-bond donors (Lipinski definition) is 2. The third-order valence-electron chi connectivity index (χ3n) is 3.93. The number of nitrogens with zero attached hydrogens (tertiary/aromatic N) is 2. The van der Waals surface area contributed by atoms with E-state index in [1.54, 1.807) is 24.7 Å². The van der Waals surface area contributed by atoms with Gasteiger partial charge in [-0.1, -0.05) is 13.8 Å². The van der Waals surface area contributed by atoms with Crippen LogP contribution < -0.4 is 11.3 Å². The smallest absolute Gasteiger partial charge is 0.286 e.